The SMILES string of the molecule is CCNC(=O)Nc1cc(OC)c(Cl)cc1OC. The van der Waals surface area contributed by atoms with Crippen LogP contribution in [0.5, 0.6) is 11.5 Å². The van der Waals surface area contributed by atoms with Crippen LogP contribution in [-0.2, 0) is 0 Å². The highest BCUT2D eigenvalue weighted by atomic mass is 35.5. The van der Waals surface area contributed by atoms with Crippen molar-refractivity contribution in [2.24, 2.45) is 0 Å². The minimum absolute atomic E-state index is 0.310. The lowest BCUT2D eigenvalue weighted by Gasteiger charge is -2.13. The summed E-state index contributed by atoms with van der Waals surface area (Å²) in [5, 5.41) is 5.69. The van der Waals surface area contributed by atoms with E-state index in [1.807, 2.05) is 6.92 Å². The zero-order valence-corrected chi connectivity index (χ0v) is 10.7. The van der Waals surface area contributed by atoms with Gasteiger partial charge in [0.15, 0.2) is 0 Å². The van der Waals surface area contributed by atoms with Crippen molar-refractivity contribution in [3.05, 3.63) is 17.2 Å². The van der Waals surface area contributed by atoms with Crippen molar-refractivity contribution in [3.8, 4) is 11.5 Å². The standard InChI is InChI=1S/C11H15ClN2O3/c1-4-13-11(15)14-8-6-9(16-2)7(12)5-10(8)17-3/h5-6H,4H2,1-3H3,(H2,13,14,15). The average Bonchev–Trinajstić information content (AvgIpc) is 2.31. The fourth-order valence-corrected chi connectivity index (χ4v) is 1.52. The molecule has 0 atom stereocenters. The van der Waals surface area contributed by atoms with Crippen LogP contribution in [0.4, 0.5) is 10.5 Å². The number of benzene rings is 1. The van der Waals surface area contributed by atoms with Crippen LogP contribution in [0, 0.1) is 0 Å². The molecule has 1 aromatic rings. The summed E-state index contributed by atoms with van der Waals surface area (Å²) in [4.78, 5) is 11.4. The predicted molar refractivity (Wildman–Crippen MR) is 67.3 cm³/mol. The van der Waals surface area contributed by atoms with E-state index in [9.17, 15) is 4.79 Å². The molecular weight excluding hydrogens is 244 g/mol. The third-order valence-corrected chi connectivity index (χ3v) is 2.35. The van der Waals surface area contributed by atoms with Crippen LogP contribution >= 0.6 is 11.6 Å². The number of nitrogens with one attached hydrogen (secondary N) is 2. The van der Waals surface area contributed by atoms with E-state index >= 15 is 0 Å². The molecule has 0 aliphatic rings. The molecule has 0 aliphatic carbocycles. The van der Waals surface area contributed by atoms with Crippen LogP contribution in [0.15, 0.2) is 12.1 Å². The fourth-order valence-electron chi connectivity index (χ4n) is 1.29. The van der Waals surface area contributed by atoms with Gasteiger partial charge >= 0.3 is 6.03 Å². The molecule has 0 fully saturated rings. The minimum atomic E-state index is -0.310. The second-order valence-electron chi connectivity index (χ2n) is 3.17. The summed E-state index contributed by atoms with van der Waals surface area (Å²) in [7, 11) is 3.00. The summed E-state index contributed by atoms with van der Waals surface area (Å²) in [6.45, 7) is 2.37. The quantitative estimate of drug-likeness (QED) is 0.872. The van der Waals surface area contributed by atoms with Gasteiger partial charge in [0.05, 0.1) is 24.9 Å². The first-order chi connectivity index (χ1) is 8.12. The third-order valence-electron chi connectivity index (χ3n) is 2.06. The van der Waals surface area contributed by atoms with Gasteiger partial charge in [-0.2, -0.15) is 0 Å². The Kier molecular flexibility index (Phi) is 4.90. The van der Waals surface area contributed by atoms with E-state index in [-0.39, 0.29) is 6.03 Å². The number of rotatable bonds is 4. The first kappa shape index (κ1) is 13.4. The lowest BCUT2D eigenvalue weighted by Crippen LogP contribution is -2.28. The molecule has 0 aromatic heterocycles. The molecular formula is C11H15ClN2O3. The first-order valence-corrected chi connectivity index (χ1v) is 5.46. The molecule has 0 saturated carbocycles. The van der Waals surface area contributed by atoms with Crippen molar-refractivity contribution >= 4 is 23.3 Å². The number of urea groups is 1. The highest BCUT2D eigenvalue weighted by Gasteiger charge is 2.11. The molecule has 6 heteroatoms. The lowest BCUT2D eigenvalue weighted by molar-refractivity contribution is 0.252. The normalized spacial score (nSPS) is 9.65. The second kappa shape index (κ2) is 6.20. The average molecular weight is 259 g/mol. The van der Waals surface area contributed by atoms with E-state index in [0.717, 1.165) is 0 Å². The molecule has 0 unspecified atom stereocenters. The van der Waals surface area contributed by atoms with Gasteiger partial charge in [-0.25, -0.2) is 4.79 Å². The van der Waals surface area contributed by atoms with Crippen molar-refractivity contribution in [2.45, 2.75) is 6.92 Å². The van der Waals surface area contributed by atoms with Gasteiger partial charge < -0.3 is 20.1 Å². The van der Waals surface area contributed by atoms with Gasteiger partial charge in [0.25, 0.3) is 0 Å². The highest BCUT2D eigenvalue weighted by molar-refractivity contribution is 6.32. The molecule has 0 radical (unpaired) electrons. The van der Waals surface area contributed by atoms with Crippen LogP contribution in [0.25, 0.3) is 0 Å². The maximum atomic E-state index is 11.4. The fraction of sp³-hybridized carbons (Fsp3) is 0.364. The molecule has 0 heterocycles. The van der Waals surface area contributed by atoms with E-state index in [1.54, 1.807) is 12.1 Å². The first-order valence-electron chi connectivity index (χ1n) is 5.08. The van der Waals surface area contributed by atoms with Gasteiger partial charge in [0.1, 0.15) is 11.5 Å². The van der Waals surface area contributed by atoms with Gasteiger partial charge in [-0.3, -0.25) is 0 Å². The third kappa shape index (κ3) is 3.42. The summed E-state index contributed by atoms with van der Waals surface area (Å²) in [6, 6.07) is 2.88. The van der Waals surface area contributed by atoms with Crippen LogP contribution < -0.4 is 20.1 Å². The van der Waals surface area contributed by atoms with Gasteiger partial charge in [0.2, 0.25) is 0 Å². The van der Waals surface area contributed by atoms with Crippen molar-refractivity contribution in [1.29, 1.82) is 0 Å². The number of hydrogen-bond donors (Lipinski definition) is 2. The number of anilines is 1. The van der Waals surface area contributed by atoms with Crippen molar-refractivity contribution < 1.29 is 14.3 Å². The Morgan fingerprint density at radius 1 is 1.29 bits per heavy atom. The second-order valence-corrected chi connectivity index (χ2v) is 3.58. The van der Waals surface area contributed by atoms with E-state index in [1.165, 1.54) is 14.2 Å². The topological polar surface area (TPSA) is 59.6 Å². The maximum absolute atomic E-state index is 11.4. The molecule has 1 rings (SSSR count). The van der Waals surface area contributed by atoms with E-state index < -0.39 is 0 Å². The number of methoxy groups -OCH3 is 2. The Hall–Kier alpha value is -1.62. The molecule has 5 nitrogen and oxygen atoms in total. The Morgan fingerprint density at radius 2 is 1.94 bits per heavy atom. The summed E-state index contributed by atoms with van der Waals surface area (Å²) in [5.74, 6) is 0.946. The molecule has 0 saturated heterocycles. The number of amides is 2. The predicted octanol–water partition coefficient (Wildman–Crippen LogP) is 2.50. The summed E-state index contributed by atoms with van der Waals surface area (Å²) in [6.07, 6.45) is 0. The Balaban J connectivity index is 2.99. The largest absolute Gasteiger partial charge is 0.495 e. The molecule has 0 aliphatic heterocycles. The summed E-state index contributed by atoms with van der Waals surface area (Å²) in [5.41, 5.74) is 0.500. The van der Waals surface area contributed by atoms with Crippen molar-refractivity contribution in [1.82, 2.24) is 5.32 Å². The Morgan fingerprint density at radius 3 is 2.47 bits per heavy atom. The smallest absolute Gasteiger partial charge is 0.319 e. The number of hydrogen-bond acceptors (Lipinski definition) is 3. The minimum Gasteiger partial charge on any atom is -0.495 e. The van der Waals surface area contributed by atoms with Crippen LogP contribution in [0.3, 0.4) is 0 Å². The number of carbonyl (C=O) groups excluding carboxylic acids is 1. The van der Waals surface area contributed by atoms with Crippen LogP contribution in [-0.4, -0.2) is 26.8 Å². The summed E-state index contributed by atoms with van der Waals surface area (Å²) < 4.78 is 10.2. The molecule has 0 spiro atoms. The molecule has 0 bridgehead atoms. The van der Waals surface area contributed by atoms with Gasteiger partial charge in [-0.1, -0.05) is 11.6 Å². The van der Waals surface area contributed by atoms with Crippen molar-refractivity contribution in [2.75, 3.05) is 26.1 Å². The van der Waals surface area contributed by atoms with Gasteiger partial charge in [-0.05, 0) is 6.92 Å². The number of ether oxygens (including phenoxy) is 2. The number of halogens is 1. The molecule has 1 aromatic carbocycles. The Labute approximate surface area is 105 Å². The van der Waals surface area contributed by atoms with E-state index in [0.29, 0.717) is 28.8 Å². The number of carbonyl (C=O) groups is 1. The van der Waals surface area contributed by atoms with E-state index in [2.05, 4.69) is 10.6 Å². The Bertz CT molecular complexity index is 410. The molecule has 2 amide bonds. The highest BCUT2D eigenvalue weighted by Crippen LogP contribution is 2.35. The molecule has 2 N–H and O–H groups in total. The zero-order valence-electron chi connectivity index (χ0n) is 9.96. The van der Waals surface area contributed by atoms with E-state index in [4.69, 9.17) is 21.1 Å². The molecule has 17 heavy (non-hydrogen) atoms. The van der Waals surface area contributed by atoms with Crippen molar-refractivity contribution in [3.63, 3.8) is 0 Å². The van der Waals surface area contributed by atoms with Gasteiger partial charge in [0, 0.05) is 18.7 Å². The van der Waals surface area contributed by atoms with Crippen LogP contribution in [0.1, 0.15) is 6.92 Å². The lowest BCUT2D eigenvalue weighted by atomic mass is 10.2. The summed E-state index contributed by atoms with van der Waals surface area (Å²) >= 11 is 5.94. The van der Waals surface area contributed by atoms with Gasteiger partial charge in [-0.15, -0.1) is 0 Å². The maximum Gasteiger partial charge on any atom is 0.319 e. The van der Waals surface area contributed by atoms with Crippen LogP contribution in [0.2, 0.25) is 5.02 Å². The zero-order chi connectivity index (χ0) is 12.8. The molecule has 94 valence electrons. The monoisotopic (exact) mass is 258 g/mol.